The molecule has 128 valence electrons. The maximum atomic E-state index is 12.4. The van der Waals surface area contributed by atoms with Gasteiger partial charge in [-0.2, -0.15) is 0 Å². The summed E-state index contributed by atoms with van der Waals surface area (Å²) in [7, 11) is -3.91. The first-order chi connectivity index (χ1) is 11.2. The van der Waals surface area contributed by atoms with Crippen LogP contribution in [0, 0.1) is 0 Å². The van der Waals surface area contributed by atoms with Gasteiger partial charge in [-0.1, -0.05) is 13.8 Å². The predicted molar refractivity (Wildman–Crippen MR) is 90.5 cm³/mol. The summed E-state index contributed by atoms with van der Waals surface area (Å²) >= 11 is 0. The molecular weight excluding hydrogens is 332 g/mol. The molecule has 3 N–H and O–H groups in total. The van der Waals surface area contributed by atoms with Crippen molar-refractivity contribution in [2.24, 2.45) is 0 Å². The molecular formula is C15H18N4O4S. The van der Waals surface area contributed by atoms with Crippen LogP contribution in [0.25, 0.3) is 0 Å². The van der Waals surface area contributed by atoms with Gasteiger partial charge in [0.05, 0.1) is 10.6 Å². The van der Waals surface area contributed by atoms with Gasteiger partial charge in [0.2, 0.25) is 11.9 Å². The number of nitrogens with zero attached hydrogens (tertiary/aromatic N) is 1. The second kappa shape index (κ2) is 6.83. The molecule has 24 heavy (non-hydrogen) atoms. The Morgan fingerprint density at radius 3 is 2.38 bits per heavy atom. The monoisotopic (exact) mass is 350 g/mol. The molecule has 0 aliphatic heterocycles. The molecule has 0 fully saturated rings. The third-order valence-electron chi connectivity index (χ3n) is 3.07. The summed E-state index contributed by atoms with van der Waals surface area (Å²) in [5.41, 5.74) is 0.527. The van der Waals surface area contributed by atoms with Crippen molar-refractivity contribution in [2.75, 3.05) is 10.0 Å². The molecule has 1 aromatic carbocycles. The topological polar surface area (TPSA) is 121 Å². The Kier molecular flexibility index (Phi) is 5.03. The van der Waals surface area contributed by atoms with Crippen LogP contribution in [-0.4, -0.2) is 24.3 Å². The molecule has 0 aliphatic rings. The Hall–Kier alpha value is -2.68. The largest absolute Gasteiger partial charge is 0.326 e. The van der Waals surface area contributed by atoms with E-state index in [-0.39, 0.29) is 22.7 Å². The number of hydrogen-bond donors (Lipinski definition) is 3. The van der Waals surface area contributed by atoms with E-state index >= 15 is 0 Å². The average molecular weight is 350 g/mol. The van der Waals surface area contributed by atoms with Crippen LogP contribution in [0.4, 0.5) is 11.6 Å². The lowest BCUT2D eigenvalue weighted by Crippen LogP contribution is -2.19. The molecule has 2 rings (SSSR count). The Morgan fingerprint density at radius 1 is 1.21 bits per heavy atom. The molecule has 2 aromatic rings. The molecule has 0 spiro atoms. The number of hydrogen-bond acceptors (Lipinski definition) is 5. The standard InChI is InChI=1S/C15H18N4O4S/c1-9(2)13-8-14(21)18-15(17-13)19-24(22,23)12-6-4-11(5-7-12)16-10(3)20/h4-9H,1-3H3,(H,16,20)(H2,17,18,19,21). The van der Waals surface area contributed by atoms with Crippen molar-refractivity contribution >= 4 is 27.6 Å². The summed E-state index contributed by atoms with van der Waals surface area (Å²) < 4.78 is 27.0. The van der Waals surface area contributed by atoms with Gasteiger partial charge < -0.3 is 5.32 Å². The number of anilines is 2. The highest BCUT2D eigenvalue weighted by Gasteiger charge is 2.16. The number of carbonyl (C=O) groups is 1. The zero-order valence-electron chi connectivity index (χ0n) is 13.5. The third kappa shape index (κ3) is 4.42. The highest BCUT2D eigenvalue weighted by molar-refractivity contribution is 7.92. The highest BCUT2D eigenvalue weighted by Crippen LogP contribution is 2.17. The predicted octanol–water partition coefficient (Wildman–Crippen LogP) is 1.65. The molecule has 1 aromatic heterocycles. The first-order valence-electron chi connectivity index (χ1n) is 7.19. The number of H-pyrrole nitrogens is 1. The number of rotatable bonds is 5. The lowest BCUT2D eigenvalue weighted by molar-refractivity contribution is -0.114. The van der Waals surface area contributed by atoms with Crippen LogP contribution in [0.2, 0.25) is 0 Å². The van der Waals surface area contributed by atoms with Crippen LogP contribution >= 0.6 is 0 Å². The minimum atomic E-state index is -3.91. The van der Waals surface area contributed by atoms with Gasteiger partial charge in [-0.05, 0) is 30.2 Å². The Balaban J connectivity index is 2.28. The molecule has 0 saturated heterocycles. The maximum absolute atomic E-state index is 12.4. The second-order valence-electron chi connectivity index (χ2n) is 5.48. The molecule has 1 heterocycles. The van der Waals surface area contributed by atoms with Gasteiger partial charge in [-0.15, -0.1) is 0 Å². The van der Waals surface area contributed by atoms with Crippen molar-refractivity contribution in [3.05, 3.63) is 46.4 Å². The van der Waals surface area contributed by atoms with Crippen LogP contribution in [0.1, 0.15) is 32.4 Å². The van der Waals surface area contributed by atoms with Gasteiger partial charge >= 0.3 is 0 Å². The van der Waals surface area contributed by atoms with E-state index in [0.717, 1.165) is 0 Å². The molecule has 0 unspecified atom stereocenters. The van der Waals surface area contributed by atoms with Gasteiger partial charge in [0, 0.05) is 18.7 Å². The number of benzene rings is 1. The summed E-state index contributed by atoms with van der Waals surface area (Å²) in [6, 6.07) is 6.95. The summed E-state index contributed by atoms with van der Waals surface area (Å²) in [6.07, 6.45) is 0. The van der Waals surface area contributed by atoms with Crippen molar-refractivity contribution < 1.29 is 13.2 Å². The quantitative estimate of drug-likeness (QED) is 0.757. The van der Waals surface area contributed by atoms with Crippen LogP contribution in [0.15, 0.2) is 40.0 Å². The van der Waals surface area contributed by atoms with E-state index in [1.807, 2.05) is 13.8 Å². The lowest BCUT2D eigenvalue weighted by Gasteiger charge is -2.10. The Labute approximate surface area is 139 Å². The van der Waals surface area contributed by atoms with Gasteiger partial charge in [-0.3, -0.25) is 14.6 Å². The smallest absolute Gasteiger partial charge is 0.264 e. The van der Waals surface area contributed by atoms with Gasteiger partial charge in [-0.25, -0.2) is 18.1 Å². The van der Waals surface area contributed by atoms with Crippen molar-refractivity contribution in [3.63, 3.8) is 0 Å². The van der Waals surface area contributed by atoms with E-state index in [1.54, 1.807) is 0 Å². The van der Waals surface area contributed by atoms with Crippen LogP contribution < -0.4 is 15.6 Å². The van der Waals surface area contributed by atoms with Gasteiger partial charge in [0.1, 0.15) is 0 Å². The molecule has 0 atom stereocenters. The fourth-order valence-corrected chi connectivity index (χ4v) is 2.89. The summed E-state index contributed by atoms with van der Waals surface area (Å²) in [4.78, 5) is 29.0. The fourth-order valence-electron chi connectivity index (χ4n) is 1.93. The van der Waals surface area contributed by atoms with E-state index in [4.69, 9.17) is 0 Å². The molecule has 9 heteroatoms. The molecule has 0 radical (unpaired) electrons. The second-order valence-corrected chi connectivity index (χ2v) is 7.17. The van der Waals surface area contributed by atoms with E-state index in [0.29, 0.717) is 11.4 Å². The van der Waals surface area contributed by atoms with Gasteiger partial charge in [0.25, 0.3) is 15.6 Å². The Bertz CT molecular complexity index is 902. The summed E-state index contributed by atoms with van der Waals surface area (Å²) in [5, 5.41) is 2.55. The molecule has 0 bridgehead atoms. The maximum Gasteiger partial charge on any atom is 0.264 e. The molecule has 1 amide bonds. The van der Waals surface area contributed by atoms with E-state index in [9.17, 15) is 18.0 Å². The lowest BCUT2D eigenvalue weighted by atomic mass is 10.1. The van der Waals surface area contributed by atoms with E-state index in [2.05, 4.69) is 20.0 Å². The summed E-state index contributed by atoms with van der Waals surface area (Å²) in [6.45, 7) is 5.05. The van der Waals surface area contributed by atoms with E-state index < -0.39 is 15.6 Å². The number of amides is 1. The molecule has 0 aliphatic carbocycles. The minimum absolute atomic E-state index is 0.0193. The Morgan fingerprint density at radius 2 is 1.83 bits per heavy atom. The van der Waals surface area contributed by atoms with Crippen LogP contribution in [0.5, 0.6) is 0 Å². The first kappa shape index (κ1) is 17.7. The number of carbonyl (C=O) groups excluding carboxylic acids is 1. The molecule has 0 saturated carbocycles. The SMILES string of the molecule is CC(=O)Nc1ccc(S(=O)(=O)Nc2nc(C(C)C)cc(=O)[nH]2)cc1. The number of nitrogens with one attached hydrogen (secondary N) is 3. The van der Waals surface area contributed by atoms with Crippen molar-refractivity contribution in [2.45, 2.75) is 31.6 Å². The summed E-state index contributed by atoms with van der Waals surface area (Å²) in [5.74, 6) is -0.416. The van der Waals surface area contributed by atoms with Crippen molar-refractivity contribution in [3.8, 4) is 0 Å². The zero-order valence-corrected chi connectivity index (χ0v) is 14.3. The number of sulfonamides is 1. The highest BCUT2D eigenvalue weighted by atomic mass is 32.2. The first-order valence-corrected chi connectivity index (χ1v) is 8.67. The van der Waals surface area contributed by atoms with Crippen LogP contribution in [0.3, 0.4) is 0 Å². The minimum Gasteiger partial charge on any atom is -0.326 e. The average Bonchev–Trinajstić information content (AvgIpc) is 2.46. The van der Waals surface area contributed by atoms with Gasteiger partial charge in [0.15, 0.2) is 0 Å². The van der Waals surface area contributed by atoms with Crippen LogP contribution in [-0.2, 0) is 14.8 Å². The molecule has 8 nitrogen and oxygen atoms in total. The number of aromatic amines is 1. The fraction of sp³-hybridized carbons (Fsp3) is 0.267. The normalized spacial score (nSPS) is 11.3. The van der Waals surface area contributed by atoms with Crippen molar-refractivity contribution in [1.29, 1.82) is 0 Å². The van der Waals surface area contributed by atoms with Crippen molar-refractivity contribution in [1.82, 2.24) is 9.97 Å². The number of aromatic nitrogens is 2. The third-order valence-corrected chi connectivity index (χ3v) is 4.42. The zero-order chi connectivity index (χ0) is 17.9. The van der Waals surface area contributed by atoms with E-state index in [1.165, 1.54) is 37.3 Å².